The number of carbonyl (C=O) groups is 1. The van der Waals surface area contributed by atoms with Crippen LogP contribution in [-0.2, 0) is 9.53 Å². The van der Waals surface area contributed by atoms with Crippen LogP contribution in [0, 0.1) is 11.8 Å². The summed E-state index contributed by atoms with van der Waals surface area (Å²) in [4.78, 5) is 11.3. The van der Waals surface area contributed by atoms with Crippen molar-refractivity contribution in [3.05, 3.63) is 0 Å². The summed E-state index contributed by atoms with van der Waals surface area (Å²) in [7, 11) is 1.46. The number of hydrogen-bond acceptors (Lipinski definition) is 3. The highest BCUT2D eigenvalue weighted by Crippen LogP contribution is 2.37. The van der Waals surface area contributed by atoms with Gasteiger partial charge in [-0.1, -0.05) is 6.42 Å². The molecule has 1 saturated heterocycles. The average Bonchev–Trinajstić information content (AvgIpc) is 2.62. The van der Waals surface area contributed by atoms with E-state index >= 15 is 0 Å². The average molecular weight is 169 g/mol. The van der Waals surface area contributed by atoms with Crippen molar-refractivity contribution in [2.75, 3.05) is 13.7 Å². The van der Waals surface area contributed by atoms with Crippen molar-refractivity contribution in [3.8, 4) is 0 Å². The lowest BCUT2D eigenvalue weighted by atomic mass is 9.94. The Hall–Kier alpha value is -0.570. The molecule has 0 spiro atoms. The predicted molar refractivity (Wildman–Crippen MR) is 44.6 cm³/mol. The van der Waals surface area contributed by atoms with Crippen LogP contribution in [0.2, 0.25) is 0 Å². The molecule has 0 aromatic rings. The Bertz CT molecular complexity index is 193. The normalized spacial score (nSPS) is 39.6. The zero-order valence-corrected chi connectivity index (χ0v) is 7.38. The molecule has 1 aliphatic heterocycles. The molecule has 3 atom stereocenters. The van der Waals surface area contributed by atoms with Gasteiger partial charge in [0.15, 0.2) is 0 Å². The van der Waals surface area contributed by atoms with E-state index in [1.165, 1.54) is 26.4 Å². The standard InChI is InChI=1S/C9H15NO2/c1-12-9(11)8-7-4-2-3-6(7)5-10-8/h6-8,10H,2-5H2,1H3/t6-,7-,8+/m1/s1. The van der Waals surface area contributed by atoms with Gasteiger partial charge in [0.2, 0.25) is 0 Å². The highest BCUT2D eigenvalue weighted by molar-refractivity contribution is 5.76. The minimum Gasteiger partial charge on any atom is -0.468 e. The molecule has 3 heteroatoms. The Balaban J connectivity index is 2.04. The molecule has 0 bridgehead atoms. The number of esters is 1. The van der Waals surface area contributed by atoms with E-state index in [0.29, 0.717) is 5.92 Å². The van der Waals surface area contributed by atoms with Gasteiger partial charge in [-0.2, -0.15) is 0 Å². The molecule has 0 unspecified atom stereocenters. The van der Waals surface area contributed by atoms with E-state index in [2.05, 4.69) is 5.32 Å². The number of hydrogen-bond donors (Lipinski definition) is 1. The Morgan fingerprint density at radius 1 is 1.50 bits per heavy atom. The van der Waals surface area contributed by atoms with E-state index in [9.17, 15) is 4.79 Å². The highest BCUT2D eigenvalue weighted by Gasteiger charge is 2.42. The van der Waals surface area contributed by atoms with Crippen LogP contribution < -0.4 is 5.32 Å². The van der Waals surface area contributed by atoms with Gasteiger partial charge in [0, 0.05) is 0 Å². The zero-order chi connectivity index (χ0) is 8.55. The van der Waals surface area contributed by atoms with Crippen molar-refractivity contribution in [2.45, 2.75) is 25.3 Å². The van der Waals surface area contributed by atoms with Crippen molar-refractivity contribution < 1.29 is 9.53 Å². The van der Waals surface area contributed by atoms with Gasteiger partial charge in [0.05, 0.1) is 7.11 Å². The fraction of sp³-hybridized carbons (Fsp3) is 0.889. The number of rotatable bonds is 1. The predicted octanol–water partition coefficient (Wildman–Crippen LogP) is 0.547. The first-order valence-corrected chi connectivity index (χ1v) is 4.64. The quantitative estimate of drug-likeness (QED) is 0.582. The molecule has 1 saturated carbocycles. The Morgan fingerprint density at radius 2 is 2.33 bits per heavy atom. The summed E-state index contributed by atoms with van der Waals surface area (Å²) in [6.45, 7) is 1.00. The largest absolute Gasteiger partial charge is 0.468 e. The maximum Gasteiger partial charge on any atom is 0.323 e. The van der Waals surface area contributed by atoms with E-state index in [0.717, 1.165) is 12.5 Å². The van der Waals surface area contributed by atoms with Crippen molar-refractivity contribution >= 4 is 5.97 Å². The van der Waals surface area contributed by atoms with Crippen LogP contribution in [0.25, 0.3) is 0 Å². The Labute approximate surface area is 72.5 Å². The van der Waals surface area contributed by atoms with Crippen molar-refractivity contribution in [1.82, 2.24) is 5.32 Å². The Morgan fingerprint density at radius 3 is 3.08 bits per heavy atom. The maximum atomic E-state index is 11.3. The van der Waals surface area contributed by atoms with Gasteiger partial charge in [0.25, 0.3) is 0 Å². The number of nitrogens with one attached hydrogen (secondary N) is 1. The van der Waals surface area contributed by atoms with E-state index in [4.69, 9.17) is 4.74 Å². The first-order valence-electron chi connectivity index (χ1n) is 4.64. The van der Waals surface area contributed by atoms with Crippen LogP contribution in [0.1, 0.15) is 19.3 Å². The van der Waals surface area contributed by atoms with E-state index in [-0.39, 0.29) is 12.0 Å². The van der Waals surface area contributed by atoms with Crippen LogP contribution in [0.15, 0.2) is 0 Å². The van der Waals surface area contributed by atoms with Gasteiger partial charge in [0.1, 0.15) is 6.04 Å². The van der Waals surface area contributed by atoms with E-state index in [1.807, 2.05) is 0 Å². The fourth-order valence-electron chi connectivity index (χ4n) is 2.57. The molecule has 2 rings (SSSR count). The molecule has 2 aliphatic rings. The van der Waals surface area contributed by atoms with Crippen LogP contribution in [-0.4, -0.2) is 25.7 Å². The minimum absolute atomic E-state index is 0.0116. The first-order chi connectivity index (χ1) is 5.83. The summed E-state index contributed by atoms with van der Waals surface area (Å²) in [5, 5.41) is 3.23. The van der Waals surface area contributed by atoms with Crippen LogP contribution in [0.5, 0.6) is 0 Å². The highest BCUT2D eigenvalue weighted by atomic mass is 16.5. The number of methoxy groups -OCH3 is 1. The number of fused-ring (bicyclic) bond motifs is 1. The number of ether oxygens (including phenoxy) is 1. The van der Waals surface area contributed by atoms with Gasteiger partial charge in [-0.3, -0.25) is 4.79 Å². The first kappa shape index (κ1) is 8.05. The lowest BCUT2D eigenvalue weighted by Gasteiger charge is -2.14. The van der Waals surface area contributed by atoms with E-state index in [1.54, 1.807) is 0 Å². The second kappa shape index (κ2) is 3.05. The van der Waals surface area contributed by atoms with Crippen LogP contribution in [0.4, 0.5) is 0 Å². The summed E-state index contributed by atoms with van der Waals surface area (Å²) >= 11 is 0. The summed E-state index contributed by atoms with van der Waals surface area (Å²) < 4.78 is 4.74. The van der Waals surface area contributed by atoms with Gasteiger partial charge < -0.3 is 10.1 Å². The van der Waals surface area contributed by atoms with Crippen molar-refractivity contribution in [1.29, 1.82) is 0 Å². The Kier molecular flexibility index (Phi) is 2.05. The van der Waals surface area contributed by atoms with Crippen molar-refractivity contribution in [2.24, 2.45) is 11.8 Å². The lowest BCUT2D eigenvalue weighted by Crippen LogP contribution is -2.36. The SMILES string of the molecule is COC(=O)[C@H]1NC[C@H]2CCC[C@H]21. The molecular weight excluding hydrogens is 154 g/mol. The fourth-order valence-corrected chi connectivity index (χ4v) is 2.57. The molecule has 0 radical (unpaired) electrons. The zero-order valence-electron chi connectivity index (χ0n) is 7.38. The molecule has 1 N–H and O–H groups in total. The molecule has 3 nitrogen and oxygen atoms in total. The topological polar surface area (TPSA) is 38.3 Å². The molecule has 0 aromatic carbocycles. The van der Waals surface area contributed by atoms with Crippen LogP contribution in [0.3, 0.4) is 0 Å². The second-order valence-corrected chi connectivity index (χ2v) is 3.76. The third-order valence-corrected chi connectivity index (χ3v) is 3.20. The molecule has 2 fully saturated rings. The summed E-state index contributed by atoms with van der Waals surface area (Å²) in [5.74, 6) is 1.20. The van der Waals surface area contributed by atoms with Gasteiger partial charge in [-0.25, -0.2) is 0 Å². The van der Waals surface area contributed by atoms with E-state index < -0.39 is 0 Å². The monoisotopic (exact) mass is 169 g/mol. The third-order valence-electron chi connectivity index (χ3n) is 3.20. The summed E-state index contributed by atoms with van der Waals surface area (Å²) in [6, 6.07) is -0.0116. The summed E-state index contributed by atoms with van der Waals surface area (Å²) in [6.07, 6.45) is 3.76. The third kappa shape index (κ3) is 1.12. The molecule has 1 heterocycles. The van der Waals surface area contributed by atoms with Gasteiger partial charge in [-0.05, 0) is 31.2 Å². The minimum atomic E-state index is -0.0793. The van der Waals surface area contributed by atoms with Crippen LogP contribution >= 0.6 is 0 Å². The van der Waals surface area contributed by atoms with Gasteiger partial charge >= 0.3 is 5.97 Å². The smallest absolute Gasteiger partial charge is 0.323 e. The maximum absolute atomic E-state index is 11.3. The molecule has 0 amide bonds. The molecule has 1 aliphatic carbocycles. The molecular formula is C9H15NO2. The molecule has 68 valence electrons. The second-order valence-electron chi connectivity index (χ2n) is 3.76. The lowest BCUT2D eigenvalue weighted by molar-refractivity contribution is -0.143. The number of carbonyl (C=O) groups excluding carboxylic acids is 1. The molecule has 0 aromatic heterocycles. The molecule has 12 heavy (non-hydrogen) atoms. The van der Waals surface area contributed by atoms with Gasteiger partial charge in [-0.15, -0.1) is 0 Å². The summed E-state index contributed by atoms with van der Waals surface area (Å²) in [5.41, 5.74) is 0. The van der Waals surface area contributed by atoms with Crippen molar-refractivity contribution in [3.63, 3.8) is 0 Å².